The lowest BCUT2D eigenvalue weighted by Gasteiger charge is -2.28. The monoisotopic (exact) mass is 255 g/mol. The van der Waals surface area contributed by atoms with Crippen LogP contribution in [0.15, 0.2) is 18.2 Å². The summed E-state index contributed by atoms with van der Waals surface area (Å²) in [6, 6.07) is 6.25. The van der Waals surface area contributed by atoms with Crippen LogP contribution in [0.5, 0.6) is 0 Å². The lowest BCUT2D eigenvalue weighted by Crippen LogP contribution is -2.40. The van der Waals surface area contributed by atoms with Crippen LogP contribution in [0.25, 0.3) is 0 Å². The third-order valence-electron chi connectivity index (χ3n) is 3.48. The number of halogens is 2. The van der Waals surface area contributed by atoms with Crippen LogP contribution in [-0.2, 0) is 6.42 Å². The molecule has 1 heterocycles. The summed E-state index contributed by atoms with van der Waals surface area (Å²) in [5, 5.41) is 3.83. The van der Waals surface area contributed by atoms with E-state index < -0.39 is 0 Å². The third-order valence-corrected chi connectivity index (χ3v) is 3.77. The Hall–Kier alpha value is -0.600. The molecule has 17 heavy (non-hydrogen) atoms. The van der Waals surface area contributed by atoms with E-state index in [1.54, 1.807) is 6.07 Å². The van der Waals surface area contributed by atoms with E-state index in [2.05, 4.69) is 12.2 Å². The fourth-order valence-corrected chi connectivity index (χ4v) is 2.71. The van der Waals surface area contributed by atoms with E-state index in [9.17, 15) is 4.39 Å². The summed E-state index contributed by atoms with van der Waals surface area (Å²) in [5.41, 5.74) is 1.12. The minimum atomic E-state index is -0.333. The Morgan fingerprint density at radius 1 is 1.41 bits per heavy atom. The summed E-state index contributed by atoms with van der Waals surface area (Å²) in [4.78, 5) is 0. The van der Waals surface area contributed by atoms with Gasteiger partial charge in [-0.3, -0.25) is 0 Å². The second kappa shape index (κ2) is 5.83. The SMILES string of the molecule is CC1CCCC(CCc2ccc(F)c(Cl)c2)N1. The van der Waals surface area contributed by atoms with Gasteiger partial charge in [0.2, 0.25) is 0 Å². The highest BCUT2D eigenvalue weighted by Crippen LogP contribution is 2.20. The highest BCUT2D eigenvalue weighted by atomic mass is 35.5. The quantitative estimate of drug-likeness (QED) is 0.863. The molecule has 2 rings (SSSR count). The standard InChI is InChI=1S/C14H19ClFN/c1-10-3-2-4-12(17-10)7-5-11-6-8-14(16)13(15)9-11/h6,8-10,12,17H,2-5,7H2,1H3. The van der Waals surface area contributed by atoms with Crippen molar-refractivity contribution in [2.45, 2.75) is 51.1 Å². The third kappa shape index (κ3) is 3.68. The van der Waals surface area contributed by atoms with E-state index in [-0.39, 0.29) is 10.8 Å². The molecule has 0 amide bonds. The van der Waals surface area contributed by atoms with Crippen LogP contribution in [0.3, 0.4) is 0 Å². The van der Waals surface area contributed by atoms with Crippen LogP contribution in [-0.4, -0.2) is 12.1 Å². The van der Waals surface area contributed by atoms with Crippen molar-refractivity contribution in [1.29, 1.82) is 0 Å². The fraction of sp³-hybridized carbons (Fsp3) is 0.571. The van der Waals surface area contributed by atoms with Crippen molar-refractivity contribution in [1.82, 2.24) is 5.32 Å². The predicted octanol–water partition coefficient (Wildman–Crippen LogP) is 3.94. The molecule has 1 aliphatic rings. The van der Waals surface area contributed by atoms with Crippen LogP contribution in [0, 0.1) is 5.82 Å². The molecule has 1 aliphatic heterocycles. The molecule has 94 valence electrons. The zero-order valence-corrected chi connectivity index (χ0v) is 10.9. The molecule has 0 radical (unpaired) electrons. The van der Waals surface area contributed by atoms with Crippen molar-refractivity contribution in [3.8, 4) is 0 Å². The lowest BCUT2D eigenvalue weighted by molar-refractivity contribution is 0.322. The Kier molecular flexibility index (Phi) is 4.41. The maximum atomic E-state index is 13.0. The maximum Gasteiger partial charge on any atom is 0.141 e. The van der Waals surface area contributed by atoms with Crippen LogP contribution >= 0.6 is 11.6 Å². The first-order valence-electron chi connectivity index (χ1n) is 6.35. The number of hydrogen-bond acceptors (Lipinski definition) is 1. The van der Waals surface area contributed by atoms with E-state index in [4.69, 9.17) is 11.6 Å². The average molecular weight is 256 g/mol. The second-order valence-electron chi connectivity index (χ2n) is 4.98. The first-order valence-corrected chi connectivity index (χ1v) is 6.73. The van der Waals surface area contributed by atoms with Gasteiger partial charge in [0.05, 0.1) is 5.02 Å². The van der Waals surface area contributed by atoms with Gasteiger partial charge in [-0.05, 0) is 50.3 Å². The minimum absolute atomic E-state index is 0.229. The molecule has 0 spiro atoms. The molecule has 1 aromatic carbocycles. The zero-order valence-electron chi connectivity index (χ0n) is 10.2. The molecular weight excluding hydrogens is 237 g/mol. The van der Waals surface area contributed by atoms with Gasteiger partial charge in [0.15, 0.2) is 0 Å². The summed E-state index contributed by atoms with van der Waals surface area (Å²) in [6.45, 7) is 2.24. The Balaban J connectivity index is 1.86. The van der Waals surface area contributed by atoms with Crippen LogP contribution in [0.1, 0.15) is 38.2 Å². The summed E-state index contributed by atoms with van der Waals surface area (Å²) >= 11 is 5.77. The first-order chi connectivity index (χ1) is 8.15. The second-order valence-corrected chi connectivity index (χ2v) is 5.39. The highest BCUT2D eigenvalue weighted by Gasteiger charge is 2.17. The van der Waals surface area contributed by atoms with Gasteiger partial charge in [-0.2, -0.15) is 0 Å². The molecule has 2 atom stereocenters. The molecule has 0 bridgehead atoms. The molecule has 1 nitrogen and oxygen atoms in total. The van der Waals surface area contributed by atoms with E-state index in [0.29, 0.717) is 12.1 Å². The Bertz CT molecular complexity index is 380. The van der Waals surface area contributed by atoms with Gasteiger partial charge in [-0.25, -0.2) is 4.39 Å². The molecule has 1 saturated heterocycles. The van der Waals surface area contributed by atoms with Crippen molar-refractivity contribution in [2.24, 2.45) is 0 Å². The van der Waals surface area contributed by atoms with Crippen molar-refractivity contribution in [3.63, 3.8) is 0 Å². The summed E-state index contributed by atoms with van der Waals surface area (Å²) < 4.78 is 13.0. The van der Waals surface area contributed by atoms with Gasteiger partial charge < -0.3 is 5.32 Å². The number of hydrogen-bond donors (Lipinski definition) is 1. The Labute approximate surface area is 107 Å². The van der Waals surface area contributed by atoms with Crippen LogP contribution in [0.4, 0.5) is 4.39 Å². The van der Waals surface area contributed by atoms with Gasteiger partial charge >= 0.3 is 0 Å². The normalized spacial score (nSPS) is 24.9. The summed E-state index contributed by atoms with van der Waals surface area (Å²) in [5.74, 6) is -0.333. The average Bonchev–Trinajstić information content (AvgIpc) is 2.31. The Morgan fingerprint density at radius 3 is 2.94 bits per heavy atom. The molecule has 1 aromatic rings. The number of rotatable bonds is 3. The smallest absolute Gasteiger partial charge is 0.141 e. The molecule has 3 heteroatoms. The van der Waals surface area contributed by atoms with Crippen molar-refractivity contribution in [2.75, 3.05) is 0 Å². The number of nitrogens with one attached hydrogen (secondary N) is 1. The number of aryl methyl sites for hydroxylation is 1. The van der Waals surface area contributed by atoms with Crippen molar-refractivity contribution < 1.29 is 4.39 Å². The van der Waals surface area contributed by atoms with Gasteiger partial charge in [0, 0.05) is 12.1 Å². The molecular formula is C14H19ClFN. The summed E-state index contributed by atoms with van der Waals surface area (Å²) in [6.07, 6.45) is 5.90. The Morgan fingerprint density at radius 2 is 2.24 bits per heavy atom. The molecule has 0 aliphatic carbocycles. The number of benzene rings is 1. The van der Waals surface area contributed by atoms with Crippen molar-refractivity contribution in [3.05, 3.63) is 34.6 Å². The van der Waals surface area contributed by atoms with Gasteiger partial charge in [0.25, 0.3) is 0 Å². The zero-order chi connectivity index (χ0) is 12.3. The van der Waals surface area contributed by atoms with Crippen LogP contribution < -0.4 is 5.32 Å². The van der Waals surface area contributed by atoms with E-state index in [1.807, 2.05) is 6.07 Å². The van der Waals surface area contributed by atoms with E-state index in [1.165, 1.54) is 25.3 Å². The predicted molar refractivity (Wildman–Crippen MR) is 70.0 cm³/mol. The van der Waals surface area contributed by atoms with Gasteiger partial charge in [-0.1, -0.05) is 24.1 Å². The molecule has 1 fully saturated rings. The summed E-state index contributed by atoms with van der Waals surface area (Å²) in [7, 11) is 0. The van der Waals surface area contributed by atoms with E-state index in [0.717, 1.165) is 18.4 Å². The van der Waals surface area contributed by atoms with Crippen molar-refractivity contribution >= 4 is 11.6 Å². The largest absolute Gasteiger partial charge is 0.311 e. The first kappa shape index (κ1) is 12.8. The molecule has 1 N–H and O–H groups in total. The van der Waals surface area contributed by atoms with E-state index >= 15 is 0 Å². The lowest BCUT2D eigenvalue weighted by atomic mass is 9.95. The fourth-order valence-electron chi connectivity index (χ4n) is 2.50. The minimum Gasteiger partial charge on any atom is -0.311 e. The molecule has 0 aromatic heterocycles. The van der Waals surface area contributed by atoms with Crippen LogP contribution in [0.2, 0.25) is 5.02 Å². The number of piperidine rings is 1. The molecule has 0 saturated carbocycles. The topological polar surface area (TPSA) is 12.0 Å². The van der Waals surface area contributed by atoms with Gasteiger partial charge in [0.1, 0.15) is 5.82 Å². The van der Waals surface area contributed by atoms with Gasteiger partial charge in [-0.15, -0.1) is 0 Å². The highest BCUT2D eigenvalue weighted by molar-refractivity contribution is 6.30. The maximum absolute atomic E-state index is 13.0. The molecule has 2 unspecified atom stereocenters.